The SMILES string of the molecule is COC(=O)C(C)OC(=O)c1cc(N)ccc1C. The average molecular weight is 237 g/mol. The van der Waals surface area contributed by atoms with E-state index in [-0.39, 0.29) is 0 Å². The Balaban J connectivity index is 2.83. The monoisotopic (exact) mass is 237 g/mol. The summed E-state index contributed by atoms with van der Waals surface area (Å²) in [5.74, 6) is -1.19. The van der Waals surface area contributed by atoms with Crippen LogP contribution in [0.3, 0.4) is 0 Å². The first kappa shape index (κ1) is 13.0. The molecule has 0 radical (unpaired) electrons. The molecular weight excluding hydrogens is 222 g/mol. The van der Waals surface area contributed by atoms with E-state index in [4.69, 9.17) is 10.5 Å². The molecule has 0 aliphatic carbocycles. The second-order valence-corrected chi connectivity index (χ2v) is 3.65. The van der Waals surface area contributed by atoms with E-state index < -0.39 is 18.0 Å². The molecule has 0 heterocycles. The lowest BCUT2D eigenvalue weighted by Crippen LogP contribution is -2.25. The van der Waals surface area contributed by atoms with Gasteiger partial charge in [-0.2, -0.15) is 0 Å². The molecule has 5 heteroatoms. The van der Waals surface area contributed by atoms with Gasteiger partial charge >= 0.3 is 11.9 Å². The van der Waals surface area contributed by atoms with E-state index in [1.54, 1.807) is 19.1 Å². The van der Waals surface area contributed by atoms with E-state index in [0.717, 1.165) is 5.56 Å². The third-order valence-electron chi connectivity index (χ3n) is 2.30. The highest BCUT2D eigenvalue weighted by Crippen LogP contribution is 2.14. The Morgan fingerprint density at radius 2 is 2.00 bits per heavy atom. The summed E-state index contributed by atoms with van der Waals surface area (Å²) in [6.07, 6.45) is -0.937. The van der Waals surface area contributed by atoms with Crippen LogP contribution in [0.4, 0.5) is 5.69 Å². The van der Waals surface area contributed by atoms with Crippen molar-refractivity contribution in [3.05, 3.63) is 29.3 Å². The topological polar surface area (TPSA) is 78.6 Å². The zero-order valence-corrected chi connectivity index (χ0v) is 10.0. The second kappa shape index (κ2) is 5.34. The van der Waals surface area contributed by atoms with Crippen molar-refractivity contribution in [3.8, 4) is 0 Å². The van der Waals surface area contributed by atoms with Crippen molar-refractivity contribution in [2.24, 2.45) is 0 Å². The smallest absolute Gasteiger partial charge is 0.346 e. The standard InChI is InChI=1S/C12H15NO4/c1-7-4-5-9(13)6-10(7)12(15)17-8(2)11(14)16-3/h4-6,8H,13H2,1-3H3. The molecule has 0 spiro atoms. The molecule has 0 bridgehead atoms. The number of esters is 2. The van der Waals surface area contributed by atoms with E-state index in [1.165, 1.54) is 20.1 Å². The van der Waals surface area contributed by atoms with Gasteiger partial charge < -0.3 is 15.2 Å². The largest absolute Gasteiger partial charge is 0.466 e. The van der Waals surface area contributed by atoms with Gasteiger partial charge in [0.2, 0.25) is 0 Å². The first-order valence-electron chi connectivity index (χ1n) is 5.10. The average Bonchev–Trinajstić information content (AvgIpc) is 2.30. The number of carbonyl (C=O) groups is 2. The Bertz CT molecular complexity index is 442. The van der Waals surface area contributed by atoms with Crippen LogP contribution in [-0.2, 0) is 14.3 Å². The van der Waals surface area contributed by atoms with Gasteiger partial charge in [0.05, 0.1) is 12.7 Å². The quantitative estimate of drug-likeness (QED) is 0.633. The normalized spacial score (nSPS) is 11.7. The summed E-state index contributed by atoms with van der Waals surface area (Å²) < 4.78 is 9.42. The van der Waals surface area contributed by atoms with Crippen molar-refractivity contribution >= 4 is 17.6 Å². The number of ether oxygens (including phenoxy) is 2. The van der Waals surface area contributed by atoms with Gasteiger partial charge in [0.25, 0.3) is 0 Å². The van der Waals surface area contributed by atoms with Crippen molar-refractivity contribution in [1.29, 1.82) is 0 Å². The Morgan fingerprint density at radius 3 is 2.59 bits per heavy atom. The zero-order valence-electron chi connectivity index (χ0n) is 10.0. The second-order valence-electron chi connectivity index (χ2n) is 3.65. The maximum absolute atomic E-state index is 11.8. The molecule has 1 aromatic rings. The van der Waals surface area contributed by atoms with Gasteiger partial charge in [0.15, 0.2) is 6.10 Å². The number of hydrogen-bond donors (Lipinski definition) is 1. The Kier molecular flexibility index (Phi) is 4.09. The summed E-state index contributed by atoms with van der Waals surface area (Å²) >= 11 is 0. The third kappa shape index (κ3) is 3.21. The molecule has 0 aromatic heterocycles. The van der Waals surface area contributed by atoms with Crippen LogP contribution in [0.15, 0.2) is 18.2 Å². The van der Waals surface area contributed by atoms with Crippen molar-refractivity contribution in [1.82, 2.24) is 0 Å². The van der Waals surface area contributed by atoms with E-state index in [9.17, 15) is 9.59 Å². The molecule has 0 fully saturated rings. The van der Waals surface area contributed by atoms with Gasteiger partial charge in [0.1, 0.15) is 0 Å². The fourth-order valence-corrected chi connectivity index (χ4v) is 1.30. The van der Waals surface area contributed by atoms with E-state index >= 15 is 0 Å². The number of aryl methyl sites for hydroxylation is 1. The number of benzene rings is 1. The van der Waals surface area contributed by atoms with Crippen LogP contribution < -0.4 is 5.73 Å². The first-order valence-corrected chi connectivity index (χ1v) is 5.10. The van der Waals surface area contributed by atoms with Gasteiger partial charge in [-0.05, 0) is 31.5 Å². The van der Waals surface area contributed by atoms with Crippen LogP contribution in [0.5, 0.6) is 0 Å². The van der Waals surface area contributed by atoms with Crippen LogP contribution in [-0.4, -0.2) is 25.2 Å². The van der Waals surface area contributed by atoms with Crippen LogP contribution in [0.2, 0.25) is 0 Å². The molecule has 0 saturated heterocycles. The molecule has 2 N–H and O–H groups in total. The summed E-state index contributed by atoms with van der Waals surface area (Å²) in [7, 11) is 1.23. The predicted molar refractivity (Wildman–Crippen MR) is 62.5 cm³/mol. The number of carbonyl (C=O) groups excluding carboxylic acids is 2. The molecule has 5 nitrogen and oxygen atoms in total. The summed E-state index contributed by atoms with van der Waals surface area (Å²) in [6, 6.07) is 4.92. The van der Waals surface area contributed by atoms with E-state index in [0.29, 0.717) is 11.3 Å². The van der Waals surface area contributed by atoms with Gasteiger partial charge in [-0.25, -0.2) is 9.59 Å². The molecule has 0 saturated carbocycles. The highest BCUT2D eigenvalue weighted by Gasteiger charge is 2.20. The fourth-order valence-electron chi connectivity index (χ4n) is 1.30. The molecule has 0 amide bonds. The highest BCUT2D eigenvalue weighted by molar-refractivity contribution is 5.93. The molecule has 17 heavy (non-hydrogen) atoms. The van der Waals surface area contributed by atoms with Crippen LogP contribution >= 0.6 is 0 Å². The Labute approximate surface area is 99.5 Å². The first-order chi connectivity index (χ1) is 7.95. The Hall–Kier alpha value is -2.04. The highest BCUT2D eigenvalue weighted by atomic mass is 16.6. The lowest BCUT2D eigenvalue weighted by Gasteiger charge is -2.12. The maximum Gasteiger partial charge on any atom is 0.346 e. The lowest BCUT2D eigenvalue weighted by molar-refractivity contribution is -0.149. The zero-order chi connectivity index (χ0) is 13.0. The van der Waals surface area contributed by atoms with Gasteiger partial charge in [-0.15, -0.1) is 0 Å². The van der Waals surface area contributed by atoms with Crippen LogP contribution in [0.1, 0.15) is 22.8 Å². The van der Waals surface area contributed by atoms with E-state index in [2.05, 4.69) is 4.74 Å². The summed E-state index contributed by atoms with van der Waals surface area (Å²) in [6.45, 7) is 3.21. The van der Waals surface area contributed by atoms with Crippen molar-refractivity contribution in [3.63, 3.8) is 0 Å². The van der Waals surface area contributed by atoms with Crippen molar-refractivity contribution < 1.29 is 19.1 Å². The minimum atomic E-state index is -0.937. The minimum Gasteiger partial charge on any atom is -0.466 e. The van der Waals surface area contributed by atoms with E-state index in [1.807, 2.05) is 0 Å². The van der Waals surface area contributed by atoms with Crippen LogP contribution in [0.25, 0.3) is 0 Å². The van der Waals surface area contributed by atoms with Crippen molar-refractivity contribution in [2.45, 2.75) is 20.0 Å². The molecular formula is C12H15NO4. The van der Waals surface area contributed by atoms with Gasteiger partial charge in [-0.3, -0.25) is 0 Å². The molecule has 1 atom stereocenters. The third-order valence-corrected chi connectivity index (χ3v) is 2.30. The molecule has 0 aliphatic rings. The molecule has 1 unspecified atom stereocenters. The number of nitrogens with two attached hydrogens (primary N) is 1. The predicted octanol–water partition coefficient (Wildman–Crippen LogP) is 1.30. The lowest BCUT2D eigenvalue weighted by atomic mass is 10.1. The number of methoxy groups -OCH3 is 1. The van der Waals surface area contributed by atoms with Crippen molar-refractivity contribution in [2.75, 3.05) is 12.8 Å². The summed E-state index contributed by atoms with van der Waals surface area (Å²) in [5, 5.41) is 0. The molecule has 92 valence electrons. The van der Waals surface area contributed by atoms with Crippen LogP contribution in [0, 0.1) is 6.92 Å². The minimum absolute atomic E-state index is 0.348. The number of nitrogen functional groups attached to an aromatic ring is 1. The van der Waals surface area contributed by atoms with Gasteiger partial charge in [-0.1, -0.05) is 6.07 Å². The number of hydrogen-bond acceptors (Lipinski definition) is 5. The number of anilines is 1. The fraction of sp³-hybridized carbons (Fsp3) is 0.333. The molecule has 0 aliphatic heterocycles. The van der Waals surface area contributed by atoms with Gasteiger partial charge in [0, 0.05) is 5.69 Å². The maximum atomic E-state index is 11.8. The molecule has 1 aromatic carbocycles. The molecule has 1 rings (SSSR count). The number of rotatable bonds is 3. The summed E-state index contributed by atoms with van der Waals surface area (Å²) in [4.78, 5) is 22.9. The Morgan fingerprint density at radius 1 is 1.35 bits per heavy atom. The summed E-state index contributed by atoms with van der Waals surface area (Å²) in [5.41, 5.74) is 7.13.